The number of nitrogens with zero attached hydrogens (tertiary/aromatic N) is 4. The van der Waals surface area contributed by atoms with Crippen LogP contribution in [-0.4, -0.2) is 71.3 Å². The summed E-state index contributed by atoms with van der Waals surface area (Å²) in [7, 11) is 4.35. The number of pyridine rings is 2. The first kappa shape index (κ1) is 30.9. The number of carbonyl (C=O) groups is 4. The molecule has 0 saturated heterocycles. The molecule has 0 saturated carbocycles. The van der Waals surface area contributed by atoms with Gasteiger partial charge in [0.15, 0.2) is 0 Å². The van der Waals surface area contributed by atoms with E-state index in [9.17, 15) is 19.2 Å². The number of imide groups is 1. The largest absolute Gasteiger partial charge is 0.497 e. The number of fused-ring (bicyclic) bond motifs is 2. The average Bonchev–Trinajstić information content (AvgIpc) is 3.16. The Morgan fingerprint density at radius 3 is 2.06 bits per heavy atom. The van der Waals surface area contributed by atoms with Gasteiger partial charge in [-0.15, -0.1) is 0 Å². The first-order valence-corrected chi connectivity index (χ1v) is 16.1. The van der Waals surface area contributed by atoms with Crippen LogP contribution in [0.15, 0.2) is 91.3 Å². The Balaban J connectivity index is 1.36. The van der Waals surface area contributed by atoms with Crippen LogP contribution < -0.4 is 4.74 Å². The summed E-state index contributed by atoms with van der Waals surface area (Å²) in [6.45, 7) is 0.728. The molecule has 0 bridgehead atoms. The highest BCUT2D eigenvalue weighted by Gasteiger charge is 2.33. The maximum atomic E-state index is 14.8. The van der Waals surface area contributed by atoms with E-state index >= 15 is 0 Å². The maximum Gasteiger partial charge on any atom is 0.340 e. The molecule has 0 atom stereocenters. The van der Waals surface area contributed by atoms with E-state index in [1.54, 1.807) is 30.2 Å². The molecule has 0 aliphatic carbocycles. The molecule has 0 spiro atoms. The van der Waals surface area contributed by atoms with Crippen molar-refractivity contribution in [3.63, 3.8) is 0 Å². The fourth-order valence-corrected chi connectivity index (χ4v) is 7.10. The predicted octanol–water partition coefficient (Wildman–Crippen LogP) is 6.43. The molecule has 3 heterocycles. The van der Waals surface area contributed by atoms with Crippen molar-refractivity contribution in [2.24, 2.45) is 0 Å². The minimum atomic E-state index is -0.635. The van der Waals surface area contributed by atoms with E-state index in [0.717, 1.165) is 16.0 Å². The number of hydrogen-bond donors (Lipinski definition) is 0. The van der Waals surface area contributed by atoms with E-state index in [0.29, 0.717) is 85.3 Å². The second kappa shape index (κ2) is 11.9. The maximum absolute atomic E-state index is 14.8. The molecular weight excluding hydrogens is 632 g/mol. The second-order valence-corrected chi connectivity index (χ2v) is 12.3. The van der Waals surface area contributed by atoms with E-state index in [4.69, 9.17) is 19.4 Å². The predicted molar refractivity (Wildman–Crippen MR) is 189 cm³/mol. The molecule has 0 fully saturated rings. The number of aromatic nitrogens is 2. The normalized spacial score (nSPS) is 12.7. The van der Waals surface area contributed by atoms with Crippen LogP contribution in [0.25, 0.3) is 43.4 Å². The third-order valence-electron chi connectivity index (χ3n) is 9.62. The van der Waals surface area contributed by atoms with Gasteiger partial charge in [-0.05, 0) is 41.8 Å². The molecule has 10 nitrogen and oxygen atoms in total. The van der Waals surface area contributed by atoms with Gasteiger partial charge in [-0.1, -0.05) is 54.6 Å². The molecule has 7 aromatic rings. The number of methoxy groups -OCH3 is 2. The summed E-state index contributed by atoms with van der Waals surface area (Å²) in [5.74, 6) is -1.02. The van der Waals surface area contributed by atoms with Crippen molar-refractivity contribution in [2.45, 2.75) is 13.0 Å². The van der Waals surface area contributed by atoms with Crippen molar-refractivity contribution >= 4 is 67.0 Å². The smallest absolute Gasteiger partial charge is 0.340 e. The molecule has 246 valence electrons. The highest BCUT2D eigenvalue weighted by atomic mass is 16.5. The lowest BCUT2D eigenvalue weighted by Crippen LogP contribution is -2.37. The fourth-order valence-electron chi connectivity index (χ4n) is 7.10. The Hall–Kier alpha value is -6.42. The second-order valence-electron chi connectivity index (χ2n) is 12.3. The fraction of sp³-hybridized carbons (Fsp3) is 0.150. The minimum absolute atomic E-state index is 0.143. The quantitative estimate of drug-likeness (QED) is 0.0791. The lowest BCUT2D eigenvalue weighted by Gasteiger charge is -2.26. The van der Waals surface area contributed by atoms with Crippen molar-refractivity contribution < 1.29 is 28.7 Å². The summed E-state index contributed by atoms with van der Waals surface area (Å²) >= 11 is 0. The van der Waals surface area contributed by atoms with E-state index < -0.39 is 17.8 Å². The SMILES string of the molecule is COC(=O)c1cnc2c3ccc4c5c(cnc(c6ccc(C(=O)N(CCc7ccccc7)Cc7ccc(OC)cc7)c1c62)c53)C(=O)N(C)C4=O. The van der Waals surface area contributed by atoms with Crippen LogP contribution in [0.1, 0.15) is 52.6 Å². The molecule has 5 aromatic carbocycles. The third kappa shape index (κ3) is 4.71. The van der Waals surface area contributed by atoms with E-state index in [-0.39, 0.29) is 11.5 Å². The zero-order valence-electron chi connectivity index (χ0n) is 27.5. The molecule has 8 rings (SSSR count). The topological polar surface area (TPSA) is 119 Å². The molecular formula is C40H30N4O6. The minimum Gasteiger partial charge on any atom is -0.497 e. The van der Waals surface area contributed by atoms with Gasteiger partial charge >= 0.3 is 5.97 Å². The highest BCUT2D eigenvalue weighted by Crippen LogP contribution is 2.43. The first-order chi connectivity index (χ1) is 24.3. The monoisotopic (exact) mass is 662 g/mol. The summed E-state index contributed by atoms with van der Waals surface area (Å²) < 4.78 is 10.5. The van der Waals surface area contributed by atoms with Gasteiger partial charge in [0.25, 0.3) is 17.7 Å². The van der Waals surface area contributed by atoms with Crippen molar-refractivity contribution in [1.82, 2.24) is 19.8 Å². The lowest BCUT2D eigenvalue weighted by molar-refractivity contribution is 0.0600. The molecule has 3 amide bonds. The lowest BCUT2D eigenvalue weighted by atomic mass is 9.87. The number of ether oxygens (including phenoxy) is 2. The third-order valence-corrected chi connectivity index (χ3v) is 9.62. The van der Waals surface area contributed by atoms with Crippen LogP contribution in [0.5, 0.6) is 5.75 Å². The van der Waals surface area contributed by atoms with Crippen molar-refractivity contribution in [3.8, 4) is 5.75 Å². The number of esters is 1. The number of rotatable bonds is 8. The standard InChI is InChI=1S/C40H30N4O6/c1-43-37(45)27-15-13-25-33-31(27)29(38(43)46)19-41-35(33)26-14-16-28(32-30(40(48)50-3)20-42-36(25)34(26)32)39(47)44(18-17-22-7-5-4-6-8-22)21-23-9-11-24(49-2)12-10-23/h4-16,19-20H,17-18,21H2,1-3H3. The van der Waals surface area contributed by atoms with E-state index in [2.05, 4.69) is 0 Å². The van der Waals surface area contributed by atoms with E-state index in [1.807, 2.05) is 60.7 Å². The van der Waals surface area contributed by atoms with Gasteiger partial charge in [-0.2, -0.15) is 0 Å². The van der Waals surface area contributed by atoms with Crippen LogP contribution in [0.4, 0.5) is 0 Å². The molecule has 1 aliphatic heterocycles. The number of amides is 3. The van der Waals surface area contributed by atoms with Crippen LogP contribution >= 0.6 is 0 Å². The summed E-state index contributed by atoms with van der Waals surface area (Å²) in [6, 6.07) is 24.5. The van der Waals surface area contributed by atoms with E-state index in [1.165, 1.54) is 26.6 Å². The van der Waals surface area contributed by atoms with Crippen LogP contribution in [-0.2, 0) is 17.7 Å². The Bertz CT molecular complexity index is 2460. The summed E-state index contributed by atoms with van der Waals surface area (Å²) in [6.07, 6.45) is 3.54. The van der Waals surface area contributed by atoms with Crippen molar-refractivity contribution in [2.75, 3.05) is 27.8 Å². The Morgan fingerprint density at radius 2 is 1.36 bits per heavy atom. The highest BCUT2D eigenvalue weighted by molar-refractivity contribution is 6.38. The first-order valence-electron chi connectivity index (χ1n) is 16.1. The molecule has 0 radical (unpaired) electrons. The zero-order valence-corrected chi connectivity index (χ0v) is 27.5. The number of benzene rings is 5. The Morgan fingerprint density at radius 1 is 0.700 bits per heavy atom. The van der Waals surface area contributed by atoms with Gasteiger partial charge < -0.3 is 14.4 Å². The van der Waals surface area contributed by atoms with Crippen molar-refractivity contribution in [3.05, 3.63) is 125 Å². The van der Waals surface area contributed by atoms with Gasteiger partial charge in [-0.25, -0.2) is 4.79 Å². The average molecular weight is 663 g/mol. The van der Waals surface area contributed by atoms with Gasteiger partial charge in [0.2, 0.25) is 0 Å². The summed E-state index contributed by atoms with van der Waals surface area (Å²) in [4.78, 5) is 66.9. The van der Waals surface area contributed by atoms with Crippen LogP contribution in [0.2, 0.25) is 0 Å². The summed E-state index contributed by atoms with van der Waals surface area (Å²) in [5.41, 5.74) is 4.23. The van der Waals surface area contributed by atoms with Crippen molar-refractivity contribution in [1.29, 1.82) is 0 Å². The zero-order chi connectivity index (χ0) is 34.7. The summed E-state index contributed by atoms with van der Waals surface area (Å²) in [5, 5.41) is 3.40. The molecule has 1 aliphatic rings. The van der Waals surface area contributed by atoms with Gasteiger partial charge in [0, 0.05) is 76.0 Å². The Labute approximate surface area is 286 Å². The van der Waals surface area contributed by atoms with Crippen LogP contribution in [0.3, 0.4) is 0 Å². The number of carbonyl (C=O) groups excluding carboxylic acids is 4. The van der Waals surface area contributed by atoms with Gasteiger partial charge in [-0.3, -0.25) is 29.3 Å². The molecule has 0 unspecified atom stereocenters. The molecule has 50 heavy (non-hydrogen) atoms. The van der Waals surface area contributed by atoms with Crippen LogP contribution in [0, 0.1) is 0 Å². The van der Waals surface area contributed by atoms with Gasteiger partial charge in [0.05, 0.1) is 36.4 Å². The molecule has 0 N–H and O–H groups in total. The number of hydrogen-bond acceptors (Lipinski definition) is 8. The molecule has 2 aromatic heterocycles. The Kier molecular flexibility index (Phi) is 7.36. The van der Waals surface area contributed by atoms with Gasteiger partial charge in [0.1, 0.15) is 5.75 Å². The molecule has 10 heteroatoms.